The van der Waals surface area contributed by atoms with Crippen LogP contribution < -0.4 is 0 Å². The Morgan fingerprint density at radius 2 is 1.76 bits per heavy atom. The van der Waals surface area contributed by atoms with E-state index < -0.39 is 11.7 Å². The molecule has 0 saturated carbocycles. The highest BCUT2D eigenvalue weighted by Gasteiger charge is 2.23. The number of amides is 1. The average Bonchev–Trinajstić information content (AvgIpc) is 2.53. The number of nitrogens with zero attached hydrogens (tertiary/aromatic N) is 1. The lowest BCUT2D eigenvalue weighted by molar-refractivity contribution is -0.145. The minimum Gasteiger partial charge on any atom is -0.464 e. The Hall–Kier alpha value is -2.04. The summed E-state index contributed by atoms with van der Waals surface area (Å²) in [5.41, 5.74) is 0.706. The Morgan fingerprint density at radius 1 is 1.08 bits per heavy atom. The van der Waals surface area contributed by atoms with Crippen molar-refractivity contribution in [3.8, 4) is 0 Å². The fourth-order valence-corrected chi connectivity index (χ4v) is 2.29. The number of ether oxygens (including phenoxy) is 2. The third kappa shape index (κ3) is 9.75. The molecule has 0 radical (unpaired) electrons. The molecule has 0 aromatic heterocycles. The lowest BCUT2D eigenvalue weighted by atomic mass is 10.1. The first kappa shape index (κ1) is 21.0. The van der Waals surface area contributed by atoms with Gasteiger partial charge in [-0.15, -0.1) is 0 Å². The molecule has 0 aliphatic rings. The molecule has 0 aliphatic heterocycles. The van der Waals surface area contributed by atoms with Gasteiger partial charge in [0, 0.05) is 6.54 Å². The fourth-order valence-electron chi connectivity index (χ4n) is 2.29. The molecule has 0 fully saturated rings. The van der Waals surface area contributed by atoms with E-state index in [9.17, 15) is 9.59 Å². The molecule has 1 aromatic carbocycles. The molecule has 1 amide bonds. The summed E-state index contributed by atoms with van der Waals surface area (Å²) in [4.78, 5) is 25.5. The number of unbranched alkanes of at least 4 members (excludes halogenated alkanes) is 1. The predicted octanol–water partition coefficient (Wildman–Crippen LogP) is 4.20. The topological polar surface area (TPSA) is 55.8 Å². The van der Waals surface area contributed by atoms with Crippen molar-refractivity contribution in [2.45, 2.75) is 59.0 Å². The van der Waals surface area contributed by atoms with Gasteiger partial charge in [-0.3, -0.25) is 9.69 Å². The molecule has 25 heavy (non-hydrogen) atoms. The van der Waals surface area contributed by atoms with Crippen LogP contribution in [0.3, 0.4) is 0 Å². The molecule has 1 rings (SSSR count). The number of carbonyl (C=O) groups excluding carboxylic acids is 2. The molecule has 0 spiro atoms. The van der Waals surface area contributed by atoms with E-state index in [1.165, 1.54) is 10.5 Å². The van der Waals surface area contributed by atoms with Gasteiger partial charge in [-0.1, -0.05) is 37.3 Å². The van der Waals surface area contributed by atoms with Gasteiger partial charge in [0.25, 0.3) is 0 Å². The summed E-state index contributed by atoms with van der Waals surface area (Å²) in [5.74, 6) is -0.390. The van der Waals surface area contributed by atoms with E-state index in [0.29, 0.717) is 13.2 Å². The summed E-state index contributed by atoms with van der Waals surface area (Å²) in [5, 5.41) is 0. The number of benzene rings is 1. The Balaban J connectivity index is 2.28. The zero-order valence-corrected chi connectivity index (χ0v) is 15.9. The number of hydrogen-bond acceptors (Lipinski definition) is 4. The second-order valence-corrected chi connectivity index (χ2v) is 7.07. The molecule has 0 atom stereocenters. The fraction of sp³-hybridized carbons (Fsp3) is 0.600. The quantitative estimate of drug-likeness (QED) is 0.495. The maximum Gasteiger partial charge on any atom is 0.410 e. The first-order valence-corrected chi connectivity index (χ1v) is 8.99. The molecule has 0 unspecified atom stereocenters. The van der Waals surface area contributed by atoms with Crippen molar-refractivity contribution in [3.63, 3.8) is 0 Å². The molecule has 5 nitrogen and oxygen atoms in total. The summed E-state index contributed by atoms with van der Waals surface area (Å²) in [6, 6.07) is 10.2. The van der Waals surface area contributed by atoms with E-state index in [-0.39, 0.29) is 12.5 Å². The van der Waals surface area contributed by atoms with Crippen LogP contribution in [0.5, 0.6) is 0 Å². The maximum atomic E-state index is 12.1. The van der Waals surface area contributed by atoms with Crippen molar-refractivity contribution in [2.24, 2.45) is 0 Å². The smallest absolute Gasteiger partial charge is 0.410 e. The third-order valence-electron chi connectivity index (χ3n) is 3.43. The van der Waals surface area contributed by atoms with Gasteiger partial charge in [-0.2, -0.15) is 0 Å². The summed E-state index contributed by atoms with van der Waals surface area (Å²) < 4.78 is 10.6. The van der Waals surface area contributed by atoms with Crippen LogP contribution in [0.15, 0.2) is 30.3 Å². The van der Waals surface area contributed by atoms with E-state index in [4.69, 9.17) is 9.47 Å². The lowest BCUT2D eigenvalue weighted by Crippen LogP contribution is -2.40. The number of esters is 1. The van der Waals surface area contributed by atoms with E-state index in [2.05, 4.69) is 12.1 Å². The third-order valence-corrected chi connectivity index (χ3v) is 3.43. The maximum absolute atomic E-state index is 12.1. The van der Waals surface area contributed by atoms with Gasteiger partial charge in [0.1, 0.15) is 12.1 Å². The Kier molecular flexibility index (Phi) is 9.03. The van der Waals surface area contributed by atoms with Gasteiger partial charge in [0.15, 0.2) is 0 Å². The zero-order valence-electron chi connectivity index (χ0n) is 15.9. The Bertz CT molecular complexity index is 522. The van der Waals surface area contributed by atoms with E-state index >= 15 is 0 Å². The van der Waals surface area contributed by atoms with Gasteiger partial charge in [0.2, 0.25) is 0 Å². The SMILES string of the molecule is CCCN(CC(=O)OCCCCc1ccccc1)C(=O)OC(C)(C)C. The monoisotopic (exact) mass is 349 g/mol. The van der Waals surface area contributed by atoms with E-state index in [1.807, 2.05) is 25.1 Å². The Labute approximate surface area is 151 Å². The molecule has 0 aliphatic carbocycles. The molecule has 1 aromatic rings. The lowest BCUT2D eigenvalue weighted by Gasteiger charge is -2.26. The highest BCUT2D eigenvalue weighted by molar-refractivity contribution is 5.78. The van der Waals surface area contributed by atoms with Crippen molar-refractivity contribution in [2.75, 3.05) is 19.7 Å². The normalized spacial score (nSPS) is 11.0. The van der Waals surface area contributed by atoms with Gasteiger partial charge in [-0.05, 0) is 52.0 Å². The van der Waals surface area contributed by atoms with Crippen LogP contribution in [0.25, 0.3) is 0 Å². The molecule has 0 saturated heterocycles. The average molecular weight is 349 g/mol. The molecule has 0 N–H and O–H groups in total. The van der Waals surface area contributed by atoms with E-state index in [1.54, 1.807) is 20.8 Å². The molecule has 0 heterocycles. The van der Waals surface area contributed by atoms with Crippen LogP contribution in [0, 0.1) is 0 Å². The van der Waals surface area contributed by atoms with Crippen LogP contribution in [0.1, 0.15) is 52.5 Å². The second-order valence-electron chi connectivity index (χ2n) is 7.07. The number of aryl methyl sites for hydroxylation is 1. The van der Waals surface area contributed by atoms with Crippen molar-refractivity contribution in [1.29, 1.82) is 0 Å². The number of carbonyl (C=O) groups is 2. The van der Waals surface area contributed by atoms with Crippen molar-refractivity contribution in [1.82, 2.24) is 4.90 Å². The first-order valence-electron chi connectivity index (χ1n) is 8.99. The minimum absolute atomic E-state index is 0.0680. The van der Waals surface area contributed by atoms with Crippen LogP contribution in [0.2, 0.25) is 0 Å². The first-order chi connectivity index (χ1) is 11.8. The second kappa shape index (κ2) is 10.7. The van der Waals surface area contributed by atoms with Gasteiger partial charge < -0.3 is 9.47 Å². The molecular weight excluding hydrogens is 318 g/mol. The van der Waals surface area contributed by atoms with Gasteiger partial charge in [-0.25, -0.2) is 4.79 Å². The summed E-state index contributed by atoms with van der Waals surface area (Å²) in [6.07, 6.45) is 3.01. The minimum atomic E-state index is -0.579. The number of hydrogen-bond donors (Lipinski definition) is 0. The van der Waals surface area contributed by atoms with Crippen LogP contribution in [-0.4, -0.2) is 42.3 Å². The van der Waals surface area contributed by atoms with Crippen molar-refractivity contribution < 1.29 is 19.1 Å². The highest BCUT2D eigenvalue weighted by Crippen LogP contribution is 2.10. The van der Waals surface area contributed by atoms with Crippen molar-refractivity contribution >= 4 is 12.1 Å². The van der Waals surface area contributed by atoms with Crippen LogP contribution in [-0.2, 0) is 20.7 Å². The summed E-state index contributed by atoms with van der Waals surface area (Å²) >= 11 is 0. The highest BCUT2D eigenvalue weighted by atomic mass is 16.6. The molecule has 5 heteroatoms. The largest absolute Gasteiger partial charge is 0.464 e. The zero-order chi connectivity index (χ0) is 18.7. The van der Waals surface area contributed by atoms with Crippen LogP contribution in [0.4, 0.5) is 4.79 Å². The molecule has 0 bridgehead atoms. The van der Waals surface area contributed by atoms with Crippen molar-refractivity contribution in [3.05, 3.63) is 35.9 Å². The van der Waals surface area contributed by atoms with Gasteiger partial charge >= 0.3 is 12.1 Å². The molecule has 140 valence electrons. The van der Waals surface area contributed by atoms with Gasteiger partial charge in [0.05, 0.1) is 6.61 Å². The number of rotatable bonds is 9. The standard InChI is InChI=1S/C20H31NO4/c1-5-14-21(19(23)25-20(2,3)4)16-18(22)24-15-10-9-13-17-11-7-6-8-12-17/h6-8,11-12H,5,9-10,13-16H2,1-4H3. The van der Waals surface area contributed by atoms with Crippen LogP contribution >= 0.6 is 0 Å². The Morgan fingerprint density at radius 3 is 2.36 bits per heavy atom. The molecular formula is C20H31NO4. The summed E-state index contributed by atoms with van der Waals surface area (Å²) in [7, 11) is 0. The predicted molar refractivity (Wildman–Crippen MR) is 98.4 cm³/mol. The van der Waals surface area contributed by atoms with E-state index in [0.717, 1.165) is 25.7 Å². The summed E-state index contributed by atoms with van der Waals surface area (Å²) in [6.45, 7) is 8.14.